The highest BCUT2D eigenvalue weighted by molar-refractivity contribution is 5.79. The second-order valence-corrected chi connectivity index (χ2v) is 6.85. The highest BCUT2D eigenvalue weighted by Crippen LogP contribution is 2.28. The van der Waals surface area contributed by atoms with Gasteiger partial charge in [-0.25, -0.2) is 0 Å². The van der Waals surface area contributed by atoms with Gasteiger partial charge in [0.15, 0.2) is 0 Å². The van der Waals surface area contributed by atoms with Gasteiger partial charge in [-0.15, -0.1) is 0 Å². The Morgan fingerprint density at radius 3 is 2.41 bits per heavy atom. The molecule has 0 bridgehead atoms. The minimum Gasteiger partial charge on any atom is -0.334 e. The fraction of sp³-hybridized carbons (Fsp3) is 0.611. The van der Waals surface area contributed by atoms with Crippen molar-refractivity contribution in [2.45, 2.75) is 51.2 Å². The molecule has 22 heavy (non-hydrogen) atoms. The van der Waals surface area contributed by atoms with Gasteiger partial charge in [-0.2, -0.15) is 0 Å². The molecule has 1 amide bonds. The summed E-state index contributed by atoms with van der Waals surface area (Å²) in [4.78, 5) is 17.0. The van der Waals surface area contributed by atoms with E-state index in [1.807, 2.05) is 0 Å². The molecule has 2 aliphatic rings. The smallest absolute Gasteiger partial charge is 0.237 e. The van der Waals surface area contributed by atoms with E-state index in [0.29, 0.717) is 18.6 Å². The molecule has 0 radical (unpaired) electrons. The summed E-state index contributed by atoms with van der Waals surface area (Å²) in [5.41, 5.74) is 8.43. The molecule has 0 unspecified atom stereocenters. The summed E-state index contributed by atoms with van der Waals surface area (Å²) in [6.45, 7) is 5.30. The predicted octanol–water partition coefficient (Wildman–Crippen LogP) is 1.91. The molecular weight excluding hydrogens is 274 g/mol. The molecule has 4 heteroatoms. The molecule has 1 saturated heterocycles. The first-order valence-corrected chi connectivity index (χ1v) is 8.45. The maximum absolute atomic E-state index is 12.7. The summed E-state index contributed by atoms with van der Waals surface area (Å²) >= 11 is 0. The van der Waals surface area contributed by atoms with E-state index < -0.39 is 0 Å². The van der Waals surface area contributed by atoms with E-state index in [2.05, 4.69) is 41.0 Å². The van der Waals surface area contributed by atoms with Crippen molar-refractivity contribution in [3.63, 3.8) is 0 Å². The Morgan fingerprint density at radius 2 is 1.82 bits per heavy atom. The number of rotatable bonds is 5. The molecule has 1 saturated carbocycles. The van der Waals surface area contributed by atoms with Crippen molar-refractivity contribution in [3.05, 3.63) is 35.4 Å². The van der Waals surface area contributed by atoms with Gasteiger partial charge < -0.3 is 10.6 Å². The molecule has 0 spiro atoms. The molecular formula is C18H27N3O. The lowest BCUT2D eigenvalue weighted by molar-refractivity contribution is -0.133. The van der Waals surface area contributed by atoms with E-state index in [4.69, 9.17) is 5.73 Å². The van der Waals surface area contributed by atoms with Crippen molar-refractivity contribution in [2.24, 2.45) is 5.73 Å². The molecule has 1 aromatic carbocycles. The van der Waals surface area contributed by atoms with Crippen LogP contribution in [0.15, 0.2) is 24.3 Å². The summed E-state index contributed by atoms with van der Waals surface area (Å²) in [5, 5.41) is 0. The number of benzene rings is 1. The van der Waals surface area contributed by atoms with Crippen LogP contribution >= 0.6 is 0 Å². The van der Waals surface area contributed by atoms with E-state index in [1.54, 1.807) is 0 Å². The molecule has 0 atom stereocenters. The molecule has 3 rings (SSSR count). The van der Waals surface area contributed by atoms with Crippen molar-refractivity contribution in [2.75, 3.05) is 19.6 Å². The lowest BCUT2D eigenvalue weighted by atomic mass is 10.1. The van der Waals surface area contributed by atoms with E-state index in [0.717, 1.165) is 45.3 Å². The summed E-state index contributed by atoms with van der Waals surface area (Å²) < 4.78 is 0. The Bertz CT molecular complexity index is 502. The molecule has 1 aromatic rings. The van der Waals surface area contributed by atoms with E-state index in [1.165, 1.54) is 11.1 Å². The zero-order valence-corrected chi connectivity index (χ0v) is 13.5. The number of hydrogen-bond donors (Lipinski definition) is 1. The number of amides is 1. The van der Waals surface area contributed by atoms with Gasteiger partial charge in [-0.3, -0.25) is 9.69 Å². The molecule has 1 aliphatic heterocycles. The zero-order chi connectivity index (χ0) is 15.5. The average molecular weight is 301 g/mol. The van der Waals surface area contributed by atoms with Gasteiger partial charge in [-0.05, 0) is 38.2 Å². The lowest BCUT2D eigenvalue weighted by Gasteiger charge is -2.32. The summed E-state index contributed by atoms with van der Waals surface area (Å²) in [6, 6.07) is 9.29. The van der Waals surface area contributed by atoms with Crippen LogP contribution in [0.3, 0.4) is 0 Å². The van der Waals surface area contributed by atoms with Crippen molar-refractivity contribution < 1.29 is 4.79 Å². The van der Waals surface area contributed by atoms with Gasteiger partial charge in [0.05, 0.1) is 6.54 Å². The van der Waals surface area contributed by atoms with Crippen molar-refractivity contribution >= 4 is 5.91 Å². The van der Waals surface area contributed by atoms with Crippen LogP contribution < -0.4 is 5.73 Å². The maximum atomic E-state index is 12.7. The van der Waals surface area contributed by atoms with Gasteiger partial charge in [0.1, 0.15) is 0 Å². The van der Waals surface area contributed by atoms with E-state index in [-0.39, 0.29) is 5.91 Å². The Hall–Kier alpha value is -1.39. The molecule has 2 N–H and O–H groups in total. The summed E-state index contributed by atoms with van der Waals surface area (Å²) in [5.74, 6) is 0.276. The van der Waals surface area contributed by atoms with Crippen LogP contribution in [-0.2, 0) is 11.3 Å². The largest absolute Gasteiger partial charge is 0.334 e. The number of nitrogens with zero attached hydrogens (tertiary/aromatic N) is 2. The minimum absolute atomic E-state index is 0.276. The third kappa shape index (κ3) is 4.08. The van der Waals surface area contributed by atoms with Crippen LogP contribution in [0.2, 0.25) is 0 Å². The average Bonchev–Trinajstić information content (AvgIpc) is 3.33. The highest BCUT2D eigenvalue weighted by atomic mass is 16.2. The first kappa shape index (κ1) is 15.5. The molecule has 1 heterocycles. The topological polar surface area (TPSA) is 49.6 Å². The molecule has 120 valence electrons. The lowest BCUT2D eigenvalue weighted by Crippen LogP contribution is -2.46. The van der Waals surface area contributed by atoms with Gasteiger partial charge >= 0.3 is 0 Å². The van der Waals surface area contributed by atoms with Crippen LogP contribution in [0.25, 0.3) is 0 Å². The number of aryl methyl sites for hydroxylation is 1. The first-order valence-electron chi connectivity index (χ1n) is 8.45. The Morgan fingerprint density at radius 1 is 1.18 bits per heavy atom. The number of likely N-dealkylation sites (tertiary alicyclic amines) is 1. The fourth-order valence-corrected chi connectivity index (χ4v) is 3.09. The minimum atomic E-state index is 0.276. The molecule has 2 fully saturated rings. The van der Waals surface area contributed by atoms with Crippen molar-refractivity contribution in [1.29, 1.82) is 0 Å². The quantitative estimate of drug-likeness (QED) is 0.904. The van der Waals surface area contributed by atoms with Gasteiger partial charge in [-0.1, -0.05) is 29.8 Å². The fourth-order valence-electron chi connectivity index (χ4n) is 3.09. The number of carbonyl (C=O) groups excluding carboxylic acids is 1. The molecule has 4 nitrogen and oxygen atoms in total. The van der Waals surface area contributed by atoms with E-state index >= 15 is 0 Å². The van der Waals surface area contributed by atoms with Gasteiger partial charge in [0.2, 0.25) is 5.91 Å². The summed E-state index contributed by atoms with van der Waals surface area (Å²) in [7, 11) is 0. The third-order valence-electron chi connectivity index (χ3n) is 4.77. The Kier molecular flexibility index (Phi) is 4.79. The van der Waals surface area contributed by atoms with Crippen LogP contribution in [0.4, 0.5) is 0 Å². The number of hydrogen-bond acceptors (Lipinski definition) is 3. The van der Waals surface area contributed by atoms with Crippen molar-refractivity contribution in [3.8, 4) is 0 Å². The number of nitrogens with two attached hydrogens (primary N) is 1. The van der Waals surface area contributed by atoms with Crippen LogP contribution in [0, 0.1) is 6.92 Å². The molecule has 1 aliphatic carbocycles. The second kappa shape index (κ2) is 6.80. The maximum Gasteiger partial charge on any atom is 0.237 e. The standard InChI is InChI=1S/C18H27N3O/c1-14-2-4-15(5-3-14)12-21(17-6-7-17)18(22)13-20-10-8-16(19)9-11-20/h2-5,16-17H,6-13,19H2,1H3. The van der Waals surface area contributed by atoms with Gasteiger partial charge in [0, 0.05) is 31.7 Å². The zero-order valence-electron chi connectivity index (χ0n) is 13.5. The van der Waals surface area contributed by atoms with Crippen LogP contribution in [-0.4, -0.2) is 47.4 Å². The number of piperidine rings is 1. The second-order valence-electron chi connectivity index (χ2n) is 6.85. The van der Waals surface area contributed by atoms with E-state index in [9.17, 15) is 4.79 Å². The normalized spacial score (nSPS) is 20.1. The Labute approximate surface area is 133 Å². The van der Waals surface area contributed by atoms with Gasteiger partial charge in [0.25, 0.3) is 0 Å². The summed E-state index contributed by atoms with van der Waals surface area (Å²) in [6.07, 6.45) is 4.33. The Balaban J connectivity index is 1.58. The number of carbonyl (C=O) groups is 1. The van der Waals surface area contributed by atoms with Crippen molar-refractivity contribution in [1.82, 2.24) is 9.80 Å². The first-order chi connectivity index (χ1) is 10.6. The SMILES string of the molecule is Cc1ccc(CN(C(=O)CN2CCC(N)CC2)C2CC2)cc1. The monoisotopic (exact) mass is 301 g/mol. The van der Waals surface area contributed by atoms with Crippen LogP contribution in [0.1, 0.15) is 36.8 Å². The van der Waals surface area contributed by atoms with Crippen LogP contribution in [0.5, 0.6) is 0 Å². The highest BCUT2D eigenvalue weighted by Gasteiger charge is 2.33. The third-order valence-corrected chi connectivity index (χ3v) is 4.77. The predicted molar refractivity (Wildman–Crippen MR) is 88.4 cm³/mol. The molecule has 0 aromatic heterocycles.